The van der Waals surface area contributed by atoms with Crippen molar-refractivity contribution in [2.75, 3.05) is 24.2 Å². The number of aryl methyl sites for hydroxylation is 1. The van der Waals surface area contributed by atoms with Crippen molar-refractivity contribution in [2.45, 2.75) is 33.3 Å². The van der Waals surface area contributed by atoms with Gasteiger partial charge in [-0.3, -0.25) is 0 Å². The van der Waals surface area contributed by atoms with E-state index in [-0.39, 0.29) is 5.60 Å². The van der Waals surface area contributed by atoms with Crippen LogP contribution in [0.1, 0.15) is 26.3 Å². The summed E-state index contributed by atoms with van der Waals surface area (Å²) >= 11 is 0. The van der Waals surface area contributed by atoms with Crippen molar-refractivity contribution in [2.24, 2.45) is 0 Å². The van der Waals surface area contributed by atoms with Crippen LogP contribution in [0, 0.1) is 6.92 Å². The molecule has 0 aromatic heterocycles. The second kappa shape index (κ2) is 5.21. The Morgan fingerprint density at radius 3 is 2.62 bits per heavy atom. The first-order valence-electron chi connectivity index (χ1n) is 5.68. The van der Waals surface area contributed by atoms with E-state index in [1.807, 2.05) is 32.0 Å². The number of nitrogen functional groups attached to an aromatic ring is 1. The number of rotatable bonds is 5. The molecule has 0 spiro atoms. The molecule has 3 N–H and O–H groups in total. The van der Waals surface area contributed by atoms with E-state index in [0.717, 1.165) is 24.5 Å². The molecule has 0 aliphatic heterocycles. The SMILES string of the molecule is CCOC(C)(C)CNc1ccc(C)cc1N. The van der Waals surface area contributed by atoms with Crippen LogP contribution in [0.25, 0.3) is 0 Å². The molecular formula is C13H22N2O. The normalized spacial score (nSPS) is 11.5. The van der Waals surface area contributed by atoms with Gasteiger partial charge in [0.2, 0.25) is 0 Å². The molecule has 90 valence electrons. The van der Waals surface area contributed by atoms with Crippen LogP contribution in [0.2, 0.25) is 0 Å². The van der Waals surface area contributed by atoms with Gasteiger partial charge in [-0.05, 0) is 45.4 Å². The first-order valence-corrected chi connectivity index (χ1v) is 5.68. The molecule has 1 aromatic rings. The topological polar surface area (TPSA) is 47.3 Å². The lowest BCUT2D eigenvalue weighted by Gasteiger charge is -2.25. The molecule has 0 fully saturated rings. The summed E-state index contributed by atoms with van der Waals surface area (Å²) in [5.41, 5.74) is 8.68. The number of nitrogens with two attached hydrogens (primary N) is 1. The maximum Gasteiger partial charge on any atom is 0.0797 e. The van der Waals surface area contributed by atoms with Gasteiger partial charge in [0.05, 0.1) is 17.0 Å². The molecule has 0 bridgehead atoms. The van der Waals surface area contributed by atoms with Crippen LogP contribution in [0.4, 0.5) is 11.4 Å². The quantitative estimate of drug-likeness (QED) is 0.753. The van der Waals surface area contributed by atoms with Gasteiger partial charge >= 0.3 is 0 Å². The molecule has 16 heavy (non-hydrogen) atoms. The van der Waals surface area contributed by atoms with Crippen LogP contribution in [0.5, 0.6) is 0 Å². The summed E-state index contributed by atoms with van der Waals surface area (Å²) in [5, 5.41) is 3.32. The maximum absolute atomic E-state index is 5.92. The number of hydrogen-bond donors (Lipinski definition) is 2. The maximum atomic E-state index is 5.92. The second-order valence-electron chi connectivity index (χ2n) is 4.64. The van der Waals surface area contributed by atoms with Crippen molar-refractivity contribution < 1.29 is 4.74 Å². The minimum absolute atomic E-state index is 0.175. The Morgan fingerprint density at radius 1 is 1.38 bits per heavy atom. The van der Waals surface area contributed by atoms with Gasteiger partial charge in [0.1, 0.15) is 0 Å². The van der Waals surface area contributed by atoms with Crippen molar-refractivity contribution >= 4 is 11.4 Å². The van der Waals surface area contributed by atoms with Crippen molar-refractivity contribution in [3.8, 4) is 0 Å². The summed E-state index contributed by atoms with van der Waals surface area (Å²) in [6.45, 7) is 9.63. The van der Waals surface area contributed by atoms with E-state index in [0.29, 0.717) is 0 Å². The van der Waals surface area contributed by atoms with Gasteiger partial charge in [-0.1, -0.05) is 6.07 Å². The fourth-order valence-electron chi connectivity index (χ4n) is 1.59. The monoisotopic (exact) mass is 222 g/mol. The molecule has 0 saturated carbocycles. The minimum Gasteiger partial charge on any atom is -0.397 e. The lowest BCUT2D eigenvalue weighted by Crippen LogP contribution is -2.33. The zero-order chi connectivity index (χ0) is 12.2. The Kier molecular flexibility index (Phi) is 4.19. The molecule has 0 aliphatic rings. The van der Waals surface area contributed by atoms with Crippen molar-refractivity contribution in [3.05, 3.63) is 23.8 Å². The Morgan fingerprint density at radius 2 is 2.06 bits per heavy atom. The van der Waals surface area contributed by atoms with Crippen LogP contribution in [0.15, 0.2) is 18.2 Å². The van der Waals surface area contributed by atoms with Crippen molar-refractivity contribution in [3.63, 3.8) is 0 Å². The smallest absolute Gasteiger partial charge is 0.0797 e. The number of benzene rings is 1. The molecule has 0 unspecified atom stereocenters. The molecule has 3 heteroatoms. The fourth-order valence-corrected chi connectivity index (χ4v) is 1.59. The first kappa shape index (κ1) is 12.8. The summed E-state index contributed by atoms with van der Waals surface area (Å²) < 4.78 is 5.61. The Bertz CT molecular complexity index is 348. The van der Waals surface area contributed by atoms with E-state index < -0.39 is 0 Å². The molecule has 0 heterocycles. The molecule has 0 radical (unpaired) electrons. The summed E-state index contributed by atoms with van der Waals surface area (Å²) in [5.74, 6) is 0. The molecule has 0 atom stereocenters. The number of nitrogens with one attached hydrogen (secondary N) is 1. The summed E-state index contributed by atoms with van der Waals surface area (Å²) in [6, 6.07) is 6.02. The molecule has 0 saturated heterocycles. The highest BCUT2D eigenvalue weighted by molar-refractivity contribution is 5.66. The third-order valence-electron chi connectivity index (χ3n) is 2.45. The Balaban J connectivity index is 2.61. The minimum atomic E-state index is -0.175. The van der Waals surface area contributed by atoms with E-state index >= 15 is 0 Å². The number of anilines is 2. The Hall–Kier alpha value is -1.22. The third kappa shape index (κ3) is 3.74. The Labute approximate surface area is 98.0 Å². The standard InChI is InChI=1S/C13H22N2O/c1-5-16-13(3,4)9-15-12-7-6-10(2)8-11(12)14/h6-8,15H,5,9,14H2,1-4H3. The van der Waals surface area contributed by atoms with E-state index in [1.165, 1.54) is 5.56 Å². The largest absolute Gasteiger partial charge is 0.397 e. The van der Waals surface area contributed by atoms with Crippen molar-refractivity contribution in [1.82, 2.24) is 0 Å². The van der Waals surface area contributed by atoms with E-state index in [1.54, 1.807) is 0 Å². The van der Waals surface area contributed by atoms with Gasteiger partial charge in [0, 0.05) is 13.2 Å². The lowest BCUT2D eigenvalue weighted by atomic mass is 10.1. The molecule has 0 amide bonds. The van der Waals surface area contributed by atoms with Crippen LogP contribution in [-0.4, -0.2) is 18.8 Å². The van der Waals surface area contributed by atoms with Crippen molar-refractivity contribution in [1.29, 1.82) is 0 Å². The molecular weight excluding hydrogens is 200 g/mol. The predicted octanol–water partition coefficient (Wildman–Crippen LogP) is 2.80. The van der Waals surface area contributed by atoms with Gasteiger partial charge < -0.3 is 15.8 Å². The van der Waals surface area contributed by atoms with E-state index in [2.05, 4.69) is 19.2 Å². The molecule has 1 rings (SSSR count). The van der Waals surface area contributed by atoms with Crippen LogP contribution < -0.4 is 11.1 Å². The lowest BCUT2D eigenvalue weighted by molar-refractivity contribution is 0.000711. The zero-order valence-corrected chi connectivity index (χ0v) is 10.6. The van der Waals surface area contributed by atoms with E-state index in [9.17, 15) is 0 Å². The zero-order valence-electron chi connectivity index (χ0n) is 10.6. The fraction of sp³-hybridized carbons (Fsp3) is 0.538. The van der Waals surface area contributed by atoms with Gasteiger partial charge in [-0.2, -0.15) is 0 Å². The van der Waals surface area contributed by atoms with Gasteiger partial charge in [0.25, 0.3) is 0 Å². The highest BCUT2D eigenvalue weighted by Gasteiger charge is 2.17. The van der Waals surface area contributed by atoms with Crippen LogP contribution in [-0.2, 0) is 4.74 Å². The predicted molar refractivity (Wildman–Crippen MR) is 69.8 cm³/mol. The number of ether oxygens (including phenoxy) is 1. The first-order chi connectivity index (χ1) is 7.44. The van der Waals surface area contributed by atoms with E-state index in [4.69, 9.17) is 10.5 Å². The number of hydrogen-bond acceptors (Lipinski definition) is 3. The van der Waals surface area contributed by atoms with Gasteiger partial charge in [-0.15, -0.1) is 0 Å². The van der Waals surface area contributed by atoms with Crippen LogP contribution >= 0.6 is 0 Å². The molecule has 3 nitrogen and oxygen atoms in total. The van der Waals surface area contributed by atoms with Gasteiger partial charge in [-0.25, -0.2) is 0 Å². The summed E-state index contributed by atoms with van der Waals surface area (Å²) in [6.07, 6.45) is 0. The highest BCUT2D eigenvalue weighted by Crippen LogP contribution is 2.20. The summed E-state index contributed by atoms with van der Waals surface area (Å²) in [4.78, 5) is 0. The summed E-state index contributed by atoms with van der Waals surface area (Å²) in [7, 11) is 0. The van der Waals surface area contributed by atoms with Crippen LogP contribution in [0.3, 0.4) is 0 Å². The van der Waals surface area contributed by atoms with Gasteiger partial charge in [0.15, 0.2) is 0 Å². The molecule has 1 aromatic carbocycles. The highest BCUT2D eigenvalue weighted by atomic mass is 16.5. The molecule has 0 aliphatic carbocycles. The average molecular weight is 222 g/mol. The average Bonchev–Trinajstić information content (AvgIpc) is 2.16. The second-order valence-corrected chi connectivity index (χ2v) is 4.64. The third-order valence-corrected chi connectivity index (χ3v) is 2.45.